The minimum absolute atomic E-state index is 0.817. The van der Waals surface area contributed by atoms with E-state index in [0.29, 0.717) is 0 Å². The Bertz CT molecular complexity index is 676. The van der Waals surface area contributed by atoms with Crippen molar-refractivity contribution in [2.45, 2.75) is 13.3 Å². The average Bonchev–Trinajstić information content (AvgIpc) is 2.88. The Balaban J connectivity index is 1.73. The lowest BCUT2D eigenvalue weighted by Gasteiger charge is -2.07. The van der Waals surface area contributed by atoms with Crippen molar-refractivity contribution in [3.63, 3.8) is 0 Å². The fourth-order valence-corrected chi connectivity index (χ4v) is 2.88. The Labute approximate surface area is 116 Å². The van der Waals surface area contributed by atoms with E-state index >= 15 is 0 Å². The Hall–Kier alpha value is -1.94. The quantitative estimate of drug-likeness (QED) is 0.785. The standard InChI is InChI=1S/C15H15N3S/c1-11-17-14(13-8-10-19-15(13)18-11)16-9-7-12-5-3-2-4-6-12/h2-6,8,10H,7,9H2,1H3,(H,16,17,18). The molecule has 0 spiro atoms. The topological polar surface area (TPSA) is 37.8 Å². The highest BCUT2D eigenvalue weighted by atomic mass is 32.1. The minimum atomic E-state index is 0.817. The number of aromatic nitrogens is 2. The molecule has 1 aromatic carbocycles. The number of hydrogen-bond donors (Lipinski definition) is 1. The number of nitrogens with zero attached hydrogens (tertiary/aromatic N) is 2. The van der Waals surface area contributed by atoms with E-state index in [-0.39, 0.29) is 0 Å². The van der Waals surface area contributed by atoms with E-state index < -0.39 is 0 Å². The second kappa shape index (κ2) is 5.36. The van der Waals surface area contributed by atoms with E-state index in [1.807, 2.05) is 13.0 Å². The van der Waals surface area contributed by atoms with Crippen LogP contribution in [0.5, 0.6) is 0 Å². The molecular formula is C15H15N3S. The Morgan fingerprint density at radius 3 is 2.79 bits per heavy atom. The van der Waals surface area contributed by atoms with Crippen LogP contribution < -0.4 is 5.32 Å². The lowest BCUT2D eigenvalue weighted by Crippen LogP contribution is -2.07. The lowest BCUT2D eigenvalue weighted by molar-refractivity contribution is 0.995. The molecule has 0 aliphatic heterocycles. The molecule has 0 aliphatic rings. The van der Waals surface area contributed by atoms with Crippen molar-refractivity contribution in [3.8, 4) is 0 Å². The van der Waals surface area contributed by atoms with Crippen molar-refractivity contribution in [1.82, 2.24) is 9.97 Å². The number of aryl methyl sites for hydroxylation is 1. The zero-order valence-corrected chi connectivity index (χ0v) is 11.6. The molecule has 19 heavy (non-hydrogen) atoms. The molecule has 0 fully saturated rings. The number of fused-ring (bicyclic) bond motifs is 1. The van der Waals surface area contributed by atoms with E-state index in [4.69, 9.17) is 0 Å². The number of nitrogens with one attached hydrogen (secondary N) is 1. The van der Waals surface area contributed by atoms with Crippen LogP contribution in [-0.2, 0) is 6.42 Å². The van der Waals surface area contributed by atoms with Crippen LogP contribution in [0.15, 0.2) is 41.8 Å². The maximum Gasteiger partial charge on any atom is 0.138 e. The first-order valence-electron chi connectivity index (χ1n) is 6.32. The Kier molecular flexibility index (Phi) is 3.42. The molecule has 1 N–H and O–H groups in total. The predicted molar refractivity (Wildman–Crippen MR) is 80.8 cm³/mol. The highest BCUT2D eigenvalue weighted by molar-refractivity contribution is 7.16. The molecule has 96 valence electrons. The molecule has 0 radical (unpaired) electrons. The summed E-state index contributed by atoms with van der Waals surface area (Å²) in [5, 5.41) is 6.59. The third-order valence-electron chi connectivity index (χ3n) is 2.99. The van der Waals surface area contributed by atoms with E-state index in [0.717, 1.165) is 34.8 Å². The molecule has 0 aliphatic carbocycles. The van der Waals surface area contributed by atoms with E-state index in [9.17, 15) is 0 Å². The van der Waals surface area contributed by atoms with Crippen LogP contribution in [0.4, 0.5) is 5.82 Å². The fraction of sp³-hybridized carbons (Fsp3) is 0.200. The van der Waals surface area contributed by atoms with Gasteiger partial charge in [0.1, 0.15) is 16.5 Å². The molecule has 3 aromatic rings. The van der Waals surface area contributed by atoms with Crippen molar-refractivity contribution in [3.05, 3.63) is 53.2 Å². The summed E-state index contributed by atoms with van der Waals surface area (Å²) in [4.78, 5) is 9.97. The van der Waals surface area contributed by atoms with Crippen LogP contribution in [0.25, 0.3) is 10.2 Å². The zero-order chi connectivity index (χ0) is 13.1. The summed E-state index contributed by atoms with van der Waals surface area (Å²) >= 11 is 1.65. The highest BCUT2D eigenvalue weighted by Crippen LogP contribution is 2.24. The zero-order valence-electron chi connectivity index (χ0n) is 10.8. The van der Waals surface area contributed by atoms with Gasteiger partial charge in [0.15, 0.2) is 0 Å². The van der Waals surface area contributed by atoms with Gasteiger partial charge in [-0.2, -0.15) is 0 Å². The summed E-state index contributed by atoms with van der Waals surface area (Å²) in [6.45, 7) is 2.81. The average molecular weight is 269 g/mol. The monoisotopic (exact) mass is 269 g/mol. The molecule has 0 atom stereocenters. The van der Waals surface area contributed by atoms with Gasteiger partial charge in [-0.15, -0.1) is 11.3 Å². The summed E-state index contributed by atoms with van der Waals surface area (Å²) < 4.78 is 0. The number of rotatable bonds is 4. The first-order chi connectivity index (χ1) is 9.33. The highest BCUT2D eigenvalue weighted by Gasteiger charge is 2.06. The van der Waals surface area contributed by atoms with Gasteiger partial charge in [-0.25, -0.2) is 9.97 Å². The molecule has 2 aromatic heterocycles. The van der Waals surface area contributed by atoms with Gasteiger partial charge in [-0.3, -0.25) is 0 Å². The molecule has 0 unspecified atom stereocenters. The van der Waals surface area contributed by atoms with Crippen molar-refractivity contribution < 1.29 is 0 Å². The van der Waals surface area contributed by atoms with Gasteiger partial charge < -0.3 is 5.32 Å². The summed E-state index contributed by atoms with van der Waals surface area (Å²) in [6.07, 6.45) is 0.996. The van der Waals surface area contributed by atoms with Crippen LogP contribution in [0, 0.1) is 6.92 Å². The molecule has 0 bridgehead atoms. The van der Waals surface area contributed by atoms with Gasteiger partial charge in [0.25, 0.3) is 0 Å². The molecule has 0 saturated carbocycles. The second-order valence-electron chi connectivity index (χ2n) is 4.42. The van der Waals surface area contributed by atoms with Gasteiger partial charge in [-0.05, 0) is 30.4 Å². The van der Waals surface area contributed by atoms with Crippen molar-refractivity contribution in [2.75, 3.05) is 11.9 Å². The Morgan fingerprint density at radius 2 is 1.95 bits per heavy atom. The second-order valence-corrected chi connectivity index (χ2v) is 5.32. The maximum atomic E-state index is 4.49. The largest absolute Gasteiger partial charge is 0.369 e. The molecule has 3 rings (SSSR count). The van der Waals surface area contributed by atoms with Crippen LogP contribution in [0.2, 0.25) is 0 Å². The summed E-state index contributed by atoms with van der Waals surface area (Å²) in [5.41, 5.74) is 1.34. The molecule has 4 heteroatoms. The smallest absolute Gasteiger partial charge is 0.138 e. The van der Waals surface area contributed by atoms with Crippen LogP contribution in [0.3, 0.4) is 0 Å². The van der Waals surface area contributed by atoms with Gasteiger partial charge >= 0.3 is 0 Å². The van der Waals surface area contributed by atoms with Crippen molar-refractivity contribution >= 4 is 27.4 Å². The first-order valence-corrected chi connectivity index (χ1v) is 7.20. The normalized spacial score (nSPS) is 10.8. The van der Waals surface area contributed by atoms with Crippen molar-refractivity contribution in [1.29, 1.82) is 0 Å². The molecule has 0 amide bonds. The van der Waals surface area contributed by atoms with Gasteiger partial charge in [0.05, 0.1) is 5.39 Å². The van der Waals surface area contributed by atoms with E-state index in [1.54, 1.807) is 11.3 Å². The Morgan fingerprint density at radius 1 is 1.11 bits per heavy atom. The molecule has 3 nitrogen and oxygen atoms in total. The molecule has 2 heterocycles. The van der Waals surface area contributed by atoms with E-state index in [2.05, 4.69) is 51.0 Å². The van der Waals surface area contributed by atoms with Gasteiger partial charge in [-0.1, -0.05) is 30.3 Å². The third kappa shape index (κ3) is 2.74. The third-order valence-corrected chi connectivity index (χ3v) is 3.79. The van der Waals surface area contributed by atoms with Crippen LogP contribution in [0.1, 0.15) is 11.4 Å². The van der Waals surface area contributed by atoms with E-state index in [1.165, 1.54) is 5.56 Å². The summed E-state index contributed by atoms with van der Waals surface area (Å²) in [7, 11) is 0. The number of hydrogen-bond acceptors (Lipinski definition) is 4. The van der Waals surface area contributed by atoms with Crippen LogP contribution >= 0.6 is 11.3 Å². The molecular weight excluding hydrogens is 254 g/mol. The molecule has 0 saturated heterocycles. The SMILES string of the molecule is Cc1nc(NCCc2ccccc2)c2ccsc2n1. The lowest BCUT2D eigenvalue weighted by atomic mass is 10.1. The van der Waals surface area contributed by atoms with Gasteiger partial charge in [0.2, 0.25) is 0 Å². The first kappa shape index (κ1) is 12.1. The van der Waals surface area contributed by atoms with Crippen molar-refractivity contribution in [2.24, 2.45) is 0 Å². The maximum absolute atomic E-state index is 4.49. The van der Waals surface area contributed by atoms with Gasteiger partial charge in [0, 0.05) is 6.54 Å². The summed E-state index contributed by atoms with van der Waals surface area (Å²) in [5.74, 6) is 1.76. The van der Waals surface area contributed by atoms with Crippen LogP contribution in [-0.4, -0.2) is 16.5 Å². The number of anilines is 1. The summed E-state index contributed by atoms with van der Waals surface area (Å²) in [6, 6.07) is 12.5. The minimum Gasteiger partial charge on any atom is -0.369 e. The predicted octanol–water partition coefficient (Wildman–Crippen LogP) is 3.65. The number of benzene rings is 1. The number of thiophene rings is 1. The fourth-order valence-electron chi connectivity index (χ4n) is 2.07.